The SMILES string of the molecule is CCC(C)(C)CNc1nc(C)cc(C(=O)O)n1. The quantitative estimate of drug-likeness (QED) is 0.822. The second-order valence-corrected chi connectivity index (χ2v) is 4.89. The number of carbonyl (C=O) groups is 1. The van der Waals surface area contributed by atoms with E-state index in [1.807, 2.05) is 0 Å². The highest BCUT2D eigenvalue weighted by Gasteiger charge is 2.16. The highest BCUT2D eigenvalue weighted by molar-refractivity contribution is 5.85. The second-order valence-electron chi connectivity index (χ2n) is 4.89. The van der Waals surface area contributed by atoms with Gasteiger partial charge < -0.3 is 10.4 Å². The number of aromatic carboxylic acids is 1. The molecule has 17 heavy (non-hydrogen) atoms. The molecule has 0 atom stereocenters. The molecule has 0 unspecified atom stereocenters. The normalized spacial score (nSPS) is 11.3. The van der Waals surface area contributed by atoms with E-state index in [9.17, 15) is 4.79 Å². The van der Waals surface area contributed by atoms with Crippen molar-refractivity contribution in [1.82, 2.24) is 9.97 Å². The maximum absolute atomic E-state index is 10.8. The van der Waals surface area contributed by atoms with E-state index in [2.05, 4.69) is 36.1 Å². The van der Waals surface area contributed by atoms with Crippen LogP contribution in [0.5, 0.6) is 0 Å². The van der Waals surface area contributed by atoms with Crippen molar-refractivity contribution in [3.8, 4) is 0 Å². The zero-order valence-corrected chi connectivity index (χ0v) is 10.7. The van der Waals surface area contributed by atoms with E-state index in [1.165, 1.54) is 6.07 Å². The number of nitrogens with one attached hydrogen (secondary N) is 1. The Labute approximate surface area is 101 Å². The average Bonchev–Trinajstić information content (AvgIpc) is 2.26. The fraction of sp³-hybridized carbons (Fsp3) is 0.583. The van der Waals surface area contributed by atoms with Gasteiger partial charge in [-0.3, -0.25) is 0 Å². The van der Waals surface area contributed by atoms with Crippen LogP contribution in [-0.2, 0) is 0 Å². The molecule has 0 bridgehead atoms. The molecule has 5 nitrogen and oxygen atoms in total. The molecule has 0 radical (unpaired) electrons. The molecule has 0 aromatic carbocycles. The van der Waals surface area contributed by atoms with Crippen LogP contribution < -0.4 is 5.32 Å². The summed E-state index contributed by atoms with van der Waals surface area (Å²) in [5, 5.41) is 12.0. The van der Waals surface area contributed by atoms with Gasteiger partial charge in [-0.25, -0.2) is 14.8 Å². The second kappa shape index (κ2) is 5.12. The highest BCUT2D eigenvalue weighted by atomic mass is 16.4. The third-order valence-electron chi connectivity index (χ3n) is 2.76. The standard InChI is InChI=1S/C12H19N3O2/c1-5-12(3,4)7-13-11-14-8(2)6-9(15-11)10(16)17/h6H,5,7H2,1-4H3,(H,16,17)(H,13,14,15). The molecule has 1 aromatic rings. The first-order valence-electron chi connectivity index (χ1n) is 5.67. The lowest BCUT2D eigenvalue weighted by Gasteiger charge is -2.22. The van der Waals surface area contributed by atoms with E-state index < -0.39 is 5.97 Å². The lowest BCUT2D eigenvalue weighted by Crippen LogP contribution is -2.23. The van der Waals surface area contributed by atoms with Gasteiger partial charge in [0, 0.05) is 12.2 Å². The lowest BCUT2D eigenvalue weighted by molar-refractivity contribution is 0.0690. The minimum absolute atomic E-state index is 0.0225. The fourth-order valence-corrected chi connectivity index (χ4v) is 1.20. The summed E-state index contributed by atoms with van der Waals surface area (Å²) >= 11 is 0. The minimum atomic E-state index is -1.03. The van der Waals surface area contributed by atoms with Crippen molar-refractivity contribution < 1.29 is 9.90 Å². The van der Waals surface area contributed by atoms with Crippen LogP contribution in [0, 0.1) is 12.3 Å². The van der Waals surface area contributed by atoms with Gasteiger partial charge in [0.15, 0.2) is 5.69 Å². The first kappa shape index (κ1) is 13.4. The summed E-state index contributed by atoms with van der Waals surface area (Å²) in [6.07, 6.45) is 1.03. The van der Waals surface area contributed by atoms with Gasteiger partial charge in [-0.15, -0.1) is 0 Å². The molecule has 1 heterocycles. The van der Waals surface area contributed by atoms with E-state index in [0.717, 1.165) is 6.42 Å². The van der Waals surface area contributed by atoms with Gasteiger partial charge in [-0.2, -0.15) is 0 Å². The van der Waals surface area contributed by atoms with Gasteiger partial charge in [-0.05, 0) is 24.8 Å². The average molecular weight is 237 g/mol. The maximum atomic E-state index is 10.8. The Balaban J connectivity index is 2.81. The molecule has 0 saturated carbocycles. The van der Waals surface area contributed by atoms with Gasteiger partial charge in [0.05, 0.1) is 0 Å². The number of hydrogen-bond acceptors (Lipinski definition) is 4. The van der Waals surface area contributed by atoms with Crippen LogP contribution in [0.3, 0.4) is 0 Å². The molecule has 94 valence electrons. The first-order chi connectivity index (χ1) is 7.84. The van der Waals surface area contributed by atoms with E-state index in [1.54, 1.807) is 6.92 Å². The molecule has 1 aromatic heterocycles. The monoisotopic (exact) mass is 237 g/mol. The van der Waals surface area contributed by atoms with E-state index in [0.29, 0.717) is 18.2 Å². The molecule has 0 aliphatic rings. The molecule has 0 fully saturated rings. The number of carboxylic acid groups (broad SMARTS) is 1. The van der Waals surface area contributed by atoms with Crippen LogP contribution in [0.25, 0.3) is 0 Å². The highest BCUT2D eigenvalue weighted by Crippen LogP contribution is 2.19. The van der Waals surface area contributed by atoms with Crippen molar-refractivity contribution >= 4 is 11.9 Å². The van der Waals surface area contributed by atoms with Gasteiger partial charge in [0.25, 0.3) is 0 Å². The molecule has 0 aliphatic heterocycles. The molecule has 5 heteroatoms. The Hall–Kier alpha value is -1.65. The van der Waals surface area contributed by atoms with Crippen molar-refractivity contribution in [3.63, 3.8) is 0 Å². The zero-order valence-electron chi connectivity index (χ0n) is 10.7. The summed E-state index contributed by atoms with van der Waals surface area (Å²) in [4.78, 5) is 19.0. The van der Waals surface area contributed by atoms with Crippen molar-refractivity contribution in [3.05, 3.63) is 17.5 Å². The summed E-state index contributed by atoms with van der Waals surface area (Å²) in [6.45, 7) is 8.85. The van der Waals surface area contributed by atoms with E-state index in [-0.39, 0.29) is 11.1 Å². The molecule has 2 N–H and O–H groups in total. The van der Waals surface area contributed by atoms with Gasteiger partial charge >= 0.3 is 5.97 Å². The number of anilines is 1. The molecular formula is C12H19N3O2. The Kier molecular flexibility index (Phi) is 4.04. The minimum Gasteiger partial charge on any atom is -0.477 e. The zero-order chi connectivity index (χ0) is 13.1. The largest absolute Gasteiger partial charge is 0.477 e. The number of aryl methyl sites for hydroxylation is 1. The number of aromatic nitrogens is 2. The van der Waals surface area contributed by atoms with E-state index >= 15 is 0 Å². The van der Waals surface area contributed by atoms with Crippen molar-refractivity contribution in [2.45, 2.75) is 34.1 Å². The number of hydrogen-bond donors (Lipinski definition) is 2. The summed E-state index contributed by atoms with van der Waals surface area (Å²) < 4.78 is 0. The van der Waals surface area contributed by atoms with Crippen LogP contribution in [-0.4, -0.2) is 27.6 Å². The van der Waals surface area contributed by atoms with Crippen LogP contribution in [0.2, 0.25) is 0 Å². The topological polar surface area (TPSA) is 75.1 Å². The Morgan fingerprint density at radius 3 is 2.65 bits per heavy atom. The predicted molar refractivity (Wildman–Crippen MR) is 66.3 cm³/mol. The summed E-state index contributed by atoms with van der Waals surface area (Å²) in [6, 6.07) is 1.46. The summed E-state index contributed by atoms with van der Waals surface area (Å²) in [5.74, 6) is -0.655. The van der Waals surface area contributed by atoms with Crippen LogP contribution >= 0.6 is 0 Å². The van der Waals surface area contributed by atoms with Gasteiger partial charge in [0.2, 0.25) is 5.95 Å². The van der Waals surface area contributed by atoms with Crippen LogP contribution in [0.15, 0.2) is 6.07 Å². The summed E-state index contributed by atoms with van der Waals surface area (Å²) in [5.41, 5.74) is 0.805. The molecule has 0 saturated heterocycles. The molecule has 0 spiro atoms. The third kappa shape index (κ3) is 4.01. The molecular weight excluding hydrogens is 218 g/mol. The molecule has 0 aliphatic carbocycles. The van der Waals surface area contributed by atoms with Crippen molar-refractivity contribution in [1.29, 1.82) is 0 Å². The Bertz CT molecular complexity index is 416. The molecule has 1 rings (SSSR count). The number of nitrogens with zero attached hydrogens (tertiary/aromatic N) is 2. The van der Waals surface area contributed by atoms with Crippen molar-refractivity contribution in [2.24, 2.45) is 5.41 Å². The van der Waals surface area contributed by atoms with Crippen LogP contribution in [0.1, 0.15) is 43.4 Å². The Morgan fingerprint density at radius 2 is 2.12 bits per heavy atom. The maximum Gasteiger partial charge on any atom is 0.354 e. The first-order valence-corrected chi connectivity index (χ1v) is 5.67. The summed E-state index contributed by atoms with van der Waals surface area (Å²) in [7, 11) is 0. The number of rotatable bonds is 5. The number of carboxylic acids is 1. The smallest absolute Gasteiger partial charge is 0.354 e. The van der Waals surface area contributed by atoms with Gasteiger partial charge in [0.1, 0.15) is 0 Å². The van der Waals surface area contributed by atoms with Gasteiger partial charge in [-0.1, -0.05) is 20.8 Å². The fourth-order valence-electron chi connectivity index (χ4n) is 1.20. The Morgan fingerprint density at radius 1 is 1.47 bits per heavy atom. The van der Waals surface area contributed by atoms with E-state index in [4.69, 9.17) is 5.11 Å². The van der Waals surface area contributed by atoms with Crippen molar-refractivity contribution in [2.75, 3.05) is 11.9 Å². The van der Waals surface area contributed by atoms with Crippen LogP contribution in [0.4, 0.5) is 5.95 Å². The predicted octanol–water partition coefficient (Wildman–Crippen LogP) is 2.33. The lowest BCUT2D eigenvalue weighted by atomic mass is 9.90. The molecule has 0 amide bonds. The third-order valence-corrected chi connectivity index (χ3v) is 2.76.